The average Bonchev–Trinajstić information content (AvgIpc) is 3.66. The molecule has 0 fully saturated rings. The number of hydrogen-bond donors (Lipinski definition) is 0. The predicted octanol–water partition coefficient (Wildman–Crippen LogP) is 9.46. The Labute approximate surface area is 250 Å². The molecule has 204 valence electrons. The molecule has 2 unspecified atom stereocenters. The van der Waals surface area contributed by atoms with E-state index in [1.54, 1.807) is 0 Å². The summed E-state index contributed by atoms with van der Waals surface area (Å²) in [5.41, 5.74) is 12.5. The Morgan fingerprint density at radius 2 is 1.47 bits per heavy atom. The van der Waals surface area contributed by atoms with Gasteiger partial charge < -0.3 is 9.30 Å². The highest BCUT2D eigenvalue weighted by molar-refractivity contribution is 6.09. The van der Waals surface area contributed by atoms with Crippen LogP contribution >= 0.6 is 0 Å². The number of aromatic nitrogens is 1. The van der Waals surface area contributed by atoms with E-state index in [1.165, 1.54) is 38.6 Å². The van der Waals surface area contributed by atoms with Crippen molar-refractivity contribution < 1.29 is 4.74 Å². The molecule has 0 bridgehead atoms. The molecule has 9 rings (SSSR count). The number of rotatable bonds is 2. The molecule has 5 aromatic carbocycles. The zero-order valence-electron chi connectivity index (χ0n) is 24.0. The topological polar surface area (TPSA) is 37.9 Å². The summed E-state index contributed by atoms with van der Waals surface area (Å²) in [5, 5.41) is 12.3. The maximum Gasteiger partial charge on any atom is 0.128 e. The fourth-order valence-electron chi connectivity index (χ4n) is 7.80. The van der Waals surface area contributed by atoms with Crippen molar-refractivity contribution in [2.24, 2.45) is 0 Å². The highest BCUT2D eigenvalue weighted by Crippen LogP contribution is 2.57. The van der Waals surface area contributed by atoms with Gasteiger partial charge in [-0.05, 0) is 52.6 Å². The van der Waals surface area contributed by atoms with Crippen molar-refractivity contribution in [3.8, 4) is 28.6 Å². The van der Waals surface area contributed by atoms with Gasteiger partial charge in [0.1, 0.15) is 11.9 Å². The predicted molar refractivity (Wildman–Crippen MR) is 174 cm³/mol. The van der Waals surface area contributed by atoms with Crippen LogP contribution in [0.3, 0.4) is 0 Å². The Bertz CT molecular complexity index is 2220. The van der Waals surface area contributed by atoms with Gasteiger partial charge in [-0.25, -0.2) is 0 Å². The van der Waals surface area contributed by atoms with Crippen LogP contribution in [0, 0.1) is 11.3 Å². The normalized spacial score (nSPS) is 18.9. The average molecular weight is 553 g/mol. The van der Waals surface area contributed by atoms with Gasteiger partial charge in [0.05, 0.1) is 28.4 Å². The summed E-state index contributed by atoms with van der Waals surface area (Å²) in [6.45, 7) is 4.63. The van der Waals surface area contributed by atoms with Crippen molar-refractivity contribution in [1.82, 2.24) is 4.57 Å². The van der Waals surface area contributed by atoms with Crippen LogP contribution in [0.25, 0.3) is 44.2 Å². The van der Waals surface area contributed by atoms with E-state index in [0.717, 1.165) is 33.6 Å². The SMILES string of the molecule is CC1(C)c2ccccc2-c2ccc3c(c21)OC1C=CC(c2ccc(C#N)cc2-n2c4ccccc4c4ccccc42)=CC31. The highest BCUT2D eigenvalue weighted by Gasteiger charge is 2.44. The summed E-state index contributed by atoms with van der Waals surface area (Å²) in [6, 6.07) is 38.8. The second-order valence-corrected chi connectivity index (χ2v) is 12.4. The molecule has 0 N–H and O–H groups in total. The molecule has 3 aliphatic rings. The second kappa shape index (κ2) is 8.60. The molecule has 1 aliphatic heterocycles. The largest absolute Gasteiger partial charge is 0.485 e. The number of nitrogens with zero attached hydrogens (tertiary/aromatic N) is 2. The molecular weight excluding hydrogens is 524 g/mol. The zero-order valence-corrected chi connectivity index (χ0v) is 24.0. The third-order valence-corrected chi connectivity index (χ3v) is 9.75. The van der Waals surface area contributed by atoms with Crippen LogP contribution in [0.2, 0.25) is 0 Å². The molecule has 2 aliphatic carbocycles. The lowest BCUT2D eigenvalue weighted by Crippen LogP contribution is -2.18. The molecule has 0 radical (unpaired) electrons. The smallest absolute Gasteiger partial charge is 0.128 e. The van der Waals surface area contributed by atoms with E-state index in [-0.39, 0.29) is 17.4 Å². The number of ether oxygens (including phenoxy) is 1. The summed E-state index contributed by atoms with van der Waals surface area (Å²) < 4.78 is 9.09. The van der Waals surface area contributed by atoms with Crippen LogP contribution in [-0.2, 0) is 5.41 Å². The lowest BCUT2D eigenvalue weighted by molar-refractivity contribution is 0.265. The summed E-state index contributed by atoms with van der Waals surface area (Å²) in [6.07, 6.45) is 6.75. The highest BCUT2D eigenvalue weighted by atomic mass is 16.5. The van der Waals surface area contributed by atoms with E-state index in [9.17, 15) is 5.26 Å². The van der Waals surface area contributed by atoms with Gasteiger partial charge in [-0.3, -0.25) is 0 Å². The maximum absolute atomic E-state index is 9.90. The maximum atomic E-state index is 9.90. The minimum absolute atomic E-state index is 0.0418. The van der Waals surface area contributed by atoms with Gasteiger partial charge in [0.25, 0.3) is 0 Å². The van der Waals surface area contributed by atoms with Crippen LogP contribution < -0.4 is 4.74 Å². The Morgan fingerprint density at radius 1 is 0.767 bits per heavy atom. The minimum Gasteiger partial charge on any atom is -0.485 e. The lowest BCUT2D eigenvalue weighted by Gasteiger charge is -2.23. The molecule has 1 aromatic heterocycles. The van der Waals surface area contributed by atoms with E-state index < -0.39 is 0 Å². The monoisotopic (exact) mass is 552 g/mol. The van der Waals surface area contributed by atoms with Gasteiger partial charge in [-0.15, -0.1) is 0 Å². The van der Waals surface area contributed by atoms with E-state index in [0.29, 0.717) is 5.56 Å². The molecule has 2 heterocycles. The fraction of sp³-hybridized carbons (Fsp3) is 0.125. The van der Waals surface area contributed by atoms with Gasteiger partial charge in [0.2, 0.25) is 0 Å². The number of para-hydroxylation sites is 2. The summed E-state index contributed by atoms with van der Waals surface area (Å²) >= 11 is 0. The van der Waals surface area contributed by atoms with Gasteiger partial charge in [-0.1, -0.05) is 105 Å². The van der Waals surface area contributed by atoms with Gasteiger partial charge in [-0.2, -0.15) is 5.26 Å². The molecular formula is C40H28N2O. The van der Waals surface area contributed by atoms with Crippen LogP contribution in [0.15, 0.2) is 121 Å². The summed E-state index contributed by atoms with van der Waals surface area (Å²) in [5.74, 6) is 1.15. The van der Waals surface area contributed by atoms with Crippen LogP contribution in [0.4, 0.5) is 0 Å². The van der Waals surface area contributed by atoms with Crippen molar-refractivity contribution in [2.75, 3.05) is 0 Å². The zero-order chi connectivity index (χ0) is 28.9. The quantitative estimate of drug-likeness (QED) is 0.215. The molecule has 0 spiro atoms. The van der Waals surface area contributed by atoms with Crippen LogP contribution in [0.1, 0.15) is 47.6 Å². The standard InChI is InChI=1S/C40H28N2O/c1-40(2)33-12-6-3-9-27(33)30-18-19-31-32-22-25(16-20-37(32)43-39(31)38(30)40)26-17-15-24(23-41)21-36(26)42-34-13-7-4-10-28(34)29-11-5-8-14-35(29)42/h3-22,32,37H,1-2H3. The number of benzene rings is 5. The first-order valence-corrected chi connectivity index (χ1v) is 14.9. The Hall–Kier alpha value is -5.33. The first kappa shape index (κ1) is 24.3. The molecule has 2 atom stereocenters. The van der Waals surface area contributed by atoms with Crippen LogP contribution in [-0.4, -0.2) is 10.7 Å². The van der Waals surface area contributed by atoms with Crippen molar-refractivity contribution in [3.63, 3.8) is 0 Å². The third-order valence-electron chi connectivity index (χ3n) is 9.75. The Balaban J connectivity index is 1.23. The van der Waals surface area contributed by atoms with Gasteiger partial charge in [0.15, 0.2) is 0 Å². The van der Waals surface area contributed by atoms with Gasteiger partial charge >= 0.3 is 0 Å². The second-order valence-electron chi connectivity index (χ2n) is 12.4. The third kappa shape index (κ3) is 3.24. The molecule has 0 saturated carbocycles. The summed E-state index contributed by atoms with van der Waals surface area (Å²) in [4.78, 5) is 0. The van der Waals surface area contributed by atoms with E-state index in [4.69, 9.17) is 4.74 Å². The van der Waals surface area contributed by atoms with E-state index in [1.807, 2.05) is 12.1 Å². The first-order chi connectivity index (χ1) is 21.0. The van der Waals surface area contributed by atoms with Crippen molar-refractivity contribution >= 4 is 27.4 Å². The number of fused-ring (bicyclic) bond motifs is 10. The van der Waals surface area contributed by atoms with Crippen molar-refractivity contribution in [2.45, 2.75) is 31.3 Å². The van der Waals surface area contributed by atoms with E-state index >= 15 is 0 Å². The van der Waals surface area contributed by atoms with Crippen molar-refractivity contribution in [3.05, 3.63) is 149 Å². The Kier molecular flexibility index (Phi) is 4.86. The van der Waals surface area contributed by atoms with Crippen LogP contribution in [0.5, 0.6) is 5.75 Å². The first-order valence-electron chi connectivity index (χ1n) is 14.9. The molecule has 3 heteroatoms. The number of hydrogen-bond acceptors (Lipinski definition) is 2. The molecule has 3 nitrogen and oxygen atoms in total. The van der Waals surface area contributed by atoms with E-state index in [2.05, 4.69) is 134 Å². The van der Waals surface area contributed by atoms with Gasteiger partial charge in [0, 0.05) is 38.8 Å². The number of nitriles is 1. The fourth-order valence-corrected chi connectivity index (χ4v) is 7.80. The molecule has 6 aromatic rings. The van der Waals surface area contributed by atoms with Crippen molar-refractivity contribution in [1.29, 1.82) is 5.26 Å². The summed E-state index contributed by atoms with van der Waals surface area (Å²) in [7, 11) is 0. The lowest BCUT2D eigenvalue weighted by atomic mass is 9.80. The number of allylic oxidation sites excluding steroid dienone is 2. The molecule has 0 saturated heterocycles. The Morgan fingerprint density at radius 3 is 2.23 bits per heavy atom. The molecule has 0 amide bonds. The minimum atomic E-state index is -0.127. The molecule has 43 heavy (non-hydrogen) atoms.